The molecule has 2 aliphatic heterocycles. The number of likely N-dealkylation sites (tertiary alicyclic amines) is 1. The fourth-order valence-corrected chi connectivity index (χ4v) is 3.37. The van der Waals surface area contributed by atoms with Crippen molar-refractivity contribution in [3.8, 4) is 12.3 Å². The molecule has 0 aromatic carbocycles. The van der Waals surface area contributed by atoms with E-state index in [-0.39, 0.29) is 17.6 Å². The molecule has 0 saturated carbocycles. The number of piperidine rings is 1. The highest BCUT2D eigenvalue weighted by Gasteiger charge is 2.40. The first-order valence-corrected chi connectivity index (χ1v) is 8.30. The van der Waals surface area contributed by atoms with Crippen LogP contribution in [0, 0.1) is 12.3 Å². The van der Waals surface area contributed by atoms with Gasteiger partial charge in [-0.05, 0) is 25.3 Å². The lowest BCUT2D eigenvalue weighted by molar-refractivity contribution is -0.135. The lowest BCUT2D eigenvalue weighted by Crippen LogP contribution is -2.39. The summed E-state index contributed by atoms with van der Waals surface area (Å²) in [6.07, 6.45) is 12.9. The van der Waals surface area contributed by atoms with E-state index >= 15 is 0 Å². The molecule has 1 amide bonds. The highest BCUT2D eigenvalue weighted by Crippen LogP contribution is 2.38. The third-order valence-corrected chi connectivity index (χ3v) is 4.82. The van der Waals surface area contributed by atoms with Gasteiger partial charge in [-0.3, -0.25) is 9.48 Å². The molecule has 0 aliphatic carbocycles. The summed E-state index contributed by atoms with van der Waals surface area (Å²) in [7, 11) is 1.93. The SMILES string of the molecule is C#CCCC1(CCC(=O)N2CCCCC2c2ccnn2C)N=N1. The minimum atomic E-state index is -0.375. The Morgan fingerprint density at radius 1 is 1.43 bits per heavy atom. The Balaban J connectivity index is 1.61. The standard InChI is InChI=1S/C17H23N5O/c1-3-4-10-17(19-20-17)11-8-16(23)22-13-6-5-7-15(22)14-9-12-18-21(14)2/h1,9,12,15H,4-8,10-11,13H2,2H3. The summed E-state index contributed by atoms with van der Waals surface area (Å²) in [6.45, 7) is 0.820. The quantitative estimate of drug-likeness (QED) is 0.758. The van der Waals surface area contributed by atoms with E-state index in [4.69, 9.17) is 6.42 Å². The van der Waals surface area contributed by atoms with Crippen molar-refractivity contribution < 1.29 is 4.79 Å². The number of carbonyl (C=O) groups excluding carboxylic acids is 1. The van der Waals surface area contributed by atoms with Gasteiger partial charge in [0.2, 0.25) is 5.91 Å². The zero-order valence-electron chi connectivity index (χ0n) is 13.6. The van der Waals surface area contributed by atoms with Crippen LogP contribution in [0.25, 0.3) is 0 Å². The van der Waals surface area contributed by atoms with Gasteiger partial charge in [-0.2, -0.15) is 15.3 Å². The smallest absolute Gasteiger partial charge is 0.223 e. The molecule has 6 nitrogen and oxygen atoms in total. The molecule has 1 aromatic heterocycles. The van der Waals surface area contributed by atoms with Crippen molar-refractivity contribution in [1.82, 2.24) is 14.7 Å². The van der Waals surface area contributed by atoms with Crippen LogP contribution >= 0.6 is 0 Å². The maximum Gasteiger partial charge on any atom is 0.223 e. The molecule has 0 bridgehead atoms. The summed E-state index contributed by atoms with van der Waals surface area (Å²) in [5, 5.41) is 12.5. The second-order valence-corrected chi connectivity index (χ2v) is 6.36. The van der Waals surface area contributed by atoms with Gasteiger partial charge >= 0.3 is 0 Å². The predicted molar refractivity (Wildman–Crippen MR) is 86.4 cm³/mol. The molecule has 3 heterocycles. The van der Waals surface area contributed by atoms with Crippen LogP contribution in [0.15, 0.2) is 22.5 Å². The number of aromatic nitrogens is 2. The van der Waals surface area contributed by atoms with Crippen LogP contribution in [-0.2, 0) is 11.8 Å². The summed E-state index contributed by atoms with van der Waals surface area (Å²) in [4.78, 5) is 14.7. The Labute approximate surface area is 137 Å². The lowest BCUT2D eigenvalue weighted by atomic mass is 9.97. The Morgan fingerprint density at radius 3 is 2.91 bits per heavy atom. The van der Waals surface area contributed by atoms with Crippen molar-refractivity contribution in [3.63, 3.8) is 0 Å². The van der Waals surface area contributed by atoms with Gasteiger partial charge in [-0.15, -0.1) is 12.3 Å². The average Bonchev–Trinajstić information content (AvgIpc) is 3.23. The van der Waals surface area contributed by atoms with Crippen molar-refractivity contribution in [2.75, 3.05) is 6.54 Å². The van der Waals surface area contributed by atoms with Crippen LogP contribution in [0.4, 0.5) is 0 Å². The van der Waals surface area contributed by atoms with E-state index in [1.807, 2.05) is 22.7 Å². The first-order chi connectivity index (χ1) is 11.2. The summed E-state index contributed by atoms with van der Waals surface area (Å²) in [5.74, 6) is 2.81. The highest BCUT2D eigenvalue weighted by atomic mass is 16.2. The number of terminal acetylenes is 1. The number of aryl methyl sites for hydroxylation is 1. The van der Waals surface area contributed by atoms with Crippen LogP contribution in [0.2, 0.25) is 0 Å². The van der Waals surface area contributed by atoms with E-state index in [0.717, 1.165) is 37.9 Å². The van der Waals surface area contributed by atoms with Crippen molar-refractivity contribution in [1.29, 1.82) is 0 Å². The molecule has 1 aromatic rings. The number of carbonyl (C=O) groups is 1. The van der Waals surface area contributed by atoms with Crippen LogP contribution in [0.5, 0.6) is 0 Å². The topological polar surface area (TPSA) is 62.9 Å². The number of hydrogen-bond acceptors (Lipinski definition) is 4. The lowest BCUT2D eigenvalue weighted by Gasteiger charge is -2.36. The Kier molecular flexibility index (Phi) is 4.46. The van der Waals surface area contributed by atoms with Crippen molar-refractivity contribution in [2.24, 2.45) is 17.3 Å². The molecule has 1 fully saturated rings. The van der Waals surface area contributed by atoms with Crippen LogP contribution in [-0.4, -0.2) is 32.8 Å². The molecule has 122 valence electrons. The van der Waals surface area contributed by atoms with E-state index in [1.165, 1.54) is 0 Å². The van der Waals surface area contributed by atoms with Crippen molar-refractivity contribution >= 4 is 5.91 Å². The Morgan fingerprint density at radius 2 is 2.26 bits per heavy atom. The maximum atomic E-state index is 12.7. The summed E-state index contributed by atoms with van der Waals surface area (Å²) in [6, 6.07) is 2.15. The minimum Gasteiger partial charge on any atom is -0.334 e. The maximum absolute atomic E-state index is 12.7. The molecule has 3 rings (SSSR count). The van der Waals surface area contributed by atoms with Gasteiger partial charge in [-0.25, -0.2) is 0 Å². The summed E-state index contributed by atoms with van der Waals surface area (Å²) < 4.78 is 1.87. The molecular formula is C17H23N5O. The monoisotopic (exact) mass is 313 g/mol. The number of hydrogen-bond donors (Lipinski definition) is 0. The zero-order chi connectivity index (χ0) is 16.3. The highest BCUT2D eigenvalue weighted by molar-refractivity contribution is 5.77. The third kappa shape index (κ3) is 3.44. The largest absolute Gasteiger partial charge is 0.334 e. The number of amides is 1. The first-order valence-electron chi connectivity index (χ1n) is 8.30. The molecule has 0 spiro atoms. The molecule has 0 N–H and O–H groups in total. The fraction of sp³-hybridized carbons (Fsp3) is 0.647. The molecule has 6 heteroatoms. The van der Waals surface area contributed by atoms with Gasteiger partial charge in [0.1, 0.15) is 0 Å². The van der Waals surface area contributed by atoms with E-state index in [0.29, 0.717) is 19.3 Å². The molecule has 23 heavy (non-hydrogen) atoms. The van der Waals surface area contributed by atoms with Crippen LogP contribution in [0.3, 0.4) is 0 Å². The Hall–Kier alpha value is -2.16. The van der Waals surface area contributed by atoms with Gasteiger partial charge in [-0.1, -0.05) is 0 Å². The molecule has 0 radical (unpaired) electrons. The predicted octanol–water partition coefficient (Wildman–Crippen LogP) is 2.83. The number of nitrogens with zero attached hydrogens (tertiary/aromatic N) is 5. The van der Waals surface area contributed by atoms with E-state index in [2.05, 4.69) is 21.2 Å². The van der Waals surface area contributed by atoms with E-state index < -0.39 is 0 Å². The molecule has 1 atom stereocenters. The van der Waals surface area contributed by atoms with Gasteiger partial charge in [0.15, 0.2) is 5.66 Å². The molecule has 2 aliphatic rings. The van der Waals surface area contributed by atoms with Crippen LogP contribution in [0.1, 0.15) is 56.7 Å². The average molecular weight is 313 g/mol. The van der Waals surface area contributed by atoms with Gasteiger partial charge < -0.3 is 4.90 Å². The van der Waals surface area contributed by atoms with E-state index in [9.17, 15) is 4.79 Å². The Bertz CT molecular complexity index is 636. The van der Waals surface area contributed by atoms with Crippen molar-refractivity contribution in [3.05, 3.63) is 18.0 Å². The van der Waals surface area contributed by atoms with Crippen LogP contribution < -0.4 is 0 Å². The second kappa shape index (κ2) is 6.53. The minimum absolute atomic E-state index is 0.137. The fourth-order valence-electron chi connectivity index (χ4n) is 3.37. The van der Waals surface area contributed by atoms with E-state index in [1.54, 1.807) is 6.20 Å². The summed E-state index contributed by atoms with van der Waals surface area (Å²) in [5.41, 5.74) is 0.737. The zero-order valence-corrected chi connectivity index (χ0v) is 13.6. The molecule has 1 saturated heterocycles. The second-order valence-electron chi connectivity index (χ2n) is 6.36. The first kappa shape index (κ1) is 15.7. The van der Waals surface area contributed by atoms with Gasteiger partial charge in [0.25, 0.3) is 0 Å². The van der Waals surface area contributed by atoms with Gasteiger partial charge in [0, 0.05) is 45.5 Å². The van der Waals surface area contributed by atoms with Crippen molar-refractivity contribution in [2.45, 2.75) is 56.7 Å². The number of rotatable bonds is 6. The summed E-state index contributed by atoms with van der Waals surface area (Å²) >= 11 is 0. The normalized spacial score (nSPS) is 21.9. The molecule has 1 unspecified atom stereocenters. The molecular weight excluding hydrogens is 290 g/mol. The van der Waals surface area contributed by atoms with Gasteiger partial charge in [0.05, 0.1) is 11.7 Å². The third-order valence-electron chi connectivity index (χ3n) is 4.82.